The molecule has 0 atom stereocenters. The van der Waals surface area contributed by atoms with Gasteiger partial charge in [0.05, 0.1) is 12.4 Å². The topological polar surface area (TPSA) is 36.3 Å². The second-order valence-corrected chi connectivity index (χ2v) is 1.95. The van der Waals surface area contributed by atoms with Crippen molar-refractivity contribution in [2.75, 3.05) is 20.3 Å². The van der Waals surface area contributed by atoms with E-state index in [0.717, 1.165) is 0 Å². The van der Waals surface area contributed by atoms with Crippen molar-refractivity contribution in [2.24, 2.45) is 0 Å². The third-order valence-corrected chi connectivity index (χ3v) is 1.19. The zero-order valence-electron chi connectivity index (χ0n) is 6.55. The Balaban J connectivity index is 3.60. The molecular weight excluding hydrogens is 128 g/mol. The van der Waals surface area contributed by atoms with Gasteiger partial charge in [0.15, 0.2) is 0 Å². The zero-order valence-corrected chi connectivity index (χ0v) is 6.55. The van der Waals surface area contributed by atoms with Gasteiger partial charge in [0.2, 0.25) is 0 Å². The van der Waals surface area contributed by atoms with Crippen LogP contribution in [0.25, 0.3) is 0 Å². The summed E-state index contributed by atoms with van der Waals surface area (Å²) >= 11 is 0. The average Bonchev–Trinajstić information content (AvgIpc) is 1.89. The third-order valence-electron chi connectivity index (χ3n) is 1.19. The van der Waals surface area contributed by atoms with Crippen LogP contribution in [0, 0.1) is 5.41 Å². The molecule has 0 rings (SSSR count). The van der Waals surface area contributed by atoms with E-state index in [1.807, 2.05) is 0 Å². The van der Waals surface area contributed by atoms with E-state index < -0.39 is 0 Å². The van der Waals surface area contributed by atoms with Crippen molar-refractivity contribution in [3.8, 4) is 0 Å². The number of rotatable bonds is 4. The smallest absolute Gasteiger partial charge is 0.0966 e. The van der Waals surface area contributed by atoms with Gasteiger partial charge >= 0.3 is 0 Å². The van der Waals surface area contributed by atoms with Crippen LogP contribution in [0.4, 0.5) is 0 Å². The Bertz CT molecular complexity index is 123. The Hall–Kier alpha value is -0.830. The molecule has 0 saturated carbocycles. The monoisotopic (exact) mass is 142 g/mol. The SMILES string of the molecule is C=CN(CCOC)C(C)=N. The predicted molar refractivity (Wildman–Crippen MR) is 42.2 cm³/mol. The predicted octanol–water partition coefficient (Wildman–Crippen LogP) is 1.08. The molecule has 0 spiro atoms. The van der Waals surface area contributed by atoms with E-state index >= 15 is 0 Å². The molecule has 0 aromatic carbocycles. The normalized spacial score (nSPS) is 9.00. The lowest BCUT2D eigenvalue weighted by molar-refractivity contribution is 0.186. The van der Waals surface area contributed by atoms with Gasteiger partial charge in [0.25, 0.3) is 0 Å². The van der Waals surface area contributed by atoms with Crippen LogP contribution in [0.3, 0.4) is 0 Å². The van der Waals surface area contributed by atoms with Crippen molar-refractivity contribution in [1.82, 2.24) is 4.90 Å². The van der Waals surface area contributed by atoms with E-state index in [-0.39, 0.29) is 0 Å². The van der Waals surface area contributed by atoms with Gasteiger partial charge in [-0.1, -0.05) is 6.58 Å². The summed E-state index contributed by atoms with van der Waals surface area (Å²) in [6.45, 7) is 6.62. The minimum atomic E-state index is 0.493. The highest BCUT2D eigenvalue weighted by Crippen LogP contribution is 1.88. The molecule has 0 unspecified atom stereocenters. The number of methoxy groups -OCH3 is 1. The molecule has 3 heteroatoms. The molecule has 0 heterocycles. The van der Waals surface area contributed by atoms with Gasteiger partial charge in [-0.3, -0.25) is 5.41 Å². The summed E-state index contributed by atoms with van der Waals surface area (Å²) in [6.07, 6.45) is 1.63. The first-order valence-electron chi connectivity index (χ1n) is 3.15. The van der Waals surface area contributed by atoms with Gasteiger partial charge in [-0.2, -0.15) is 0 Å². The van der Waals surface area contributed by atoms with E-state index in [4.69, 9.17) is 10.1 Å². The first kappa shape index (κ1) is 9.17. The quantitative estimate of drug-likeness (QED) is 0.471. The van der Waals surface area contributed by atoms with Gasteiger partial charge in [-0.05, 0) is 13.1 Å². The highest BCUT2D eigenvalue weighted by molar-refractivity contribution is 5.77. The molecule has 0 aromatic rings. The Kier molecular flexibility index (Phi) is 4.58. The molecule has 58 valence electrons. The molecule has 0 bridgehead atoms. The molecule has 0 saturated heterocycles. The highest BCUT2D eigenvalue weighted by atomic mass is 16.5. The van der Waals surface area contributed by atoms with Crippen molar-refractivity contribution >= 4 is 5.84 Å². The fourth-order valence-electron chi connectivity index (χ4n) is 0.586. The van der Waals surface area contributed by atoms with E-state index in [1.165, 1.54) is 0 Å². The highest BCUT2D eigenvalue weighted by Gasteiger charge is 1.97. The summed E-state index contributed by atoms with van der Waals surface area (Å²) in [5.41, 5.74) is 0. The number of nitrogens with one attached hydrogen (secondary N) is 1. The number of hydrogen-bond donors (Lipinski definition) is 1. The Morgan fingerprint density at radius 2 is 2.40 bits per heavy atom. The van der Waals surface area contributed by atoms with Gasteiger partial charge < -0.3 is 9.64 Å². The first-order valence-corrected chi connectivity index (χ1v) is 3.15. The fourth-order valence-corrected chi connectivity index (χ4v) is 0.586. The summed E-state index contributed by atoms with van der Waals surface area (Å²) in [5.74, 6) is 0.493. The van der Waals surface area contributed by atoms with Crippen LogP contribution in [-0.2, 0) is 4.74 Å². The summed E-state index contributed by atoms with van der Waals surface area (Å²) < 4.78 is 4.84. The van der Waals surface area contributed by atoms with Gasteiger partial charge in [-0.15, -0.1) is 0 Å². The minimum absolute atomic E-state index is 0.493. The molecule has 0 fully saturated rings. The summed E-state index contributed by atoms with van der Waals surface area (Å²) in [5, 5.41) is 7.23. The Morgan fingerprint density at radius 3 is 2.70 bits per heavy atom. The van der Waals surface area contributed by atoms with Gasteiger partial charge in [-0.25, -0.2) is 0 Å². The van der Waals surface area contributed by atoms with Crippen molar-refractivity contribution in [1.29, 1.82) is 5.41 Å². The van der Waals surface area contributed by atoms with E-state index in [1.54, 1.807) is 25.1 Å². The maximum absolute atomic E-state index is 7.23. The van der Waals surface area contributed by atoms with Crippen LogP contribution in [0.5, 0.6) is 0 Å². The van der Waals surface area contributed by atoms with Crippen LogP contribution >= 0.6 is 0 Å². The number of hydrogen-bond acceptors (Lipinski definition) is 2. The van der Waals surface area contributed by atoms with Gasteiger partial charge in [0.1, 0.15) is 0 Å². The molecule has 0 aliphatic rings. The molecule has 3 nitrogen and oxygen atoms in total. The molecule has 0 aliphatic carbocycles. The maximum Gasteiger partial charge on any atom is 0.0966 e. The largest absolute Gasteiger partial charge is 0.383 e. The van der Waals surface area contributed by atoms with E-state index in [9.17, 15) is 0 Å². The van der Waals surface area contributed by atoms with Crippen LogP contribution in [-0.4, -0.2) is 31.0 Å². The minimum Gasteiger partial charge on any atom is -0.383 e. The van der Waals surface area contributed by atoms with Crippen LogP contribution < -0.4 is 0 Å². The van der Waals surface area contributed by atoms with Crippen LogP contribution in [0.2, 0.25) is 0 Å². The molecule has 10 heavy (non-hydrogen) atoms. The molecular formula is C7H14N2O. The average molecular weight is 142 g/mol. The van der Waals surface area contributed by atoms with Crippen molar-refractivity contribution in [2.45, 2.75) is 6.92 Å². The zero-order chi connectivity index (χ0) is 7.98. The summed E-state index contributed by atoms with van der Waals surface area (Å²) in [6, 6.07) is 0. The Morgan fingerprint density at radius 1 is 1.80 bits per heavy atom. The van der Waals surface area contributed by atoms with Crippen molar-refractivity contribution in [3.63, 3.8) is 0 Å². The fraction of sp³-hybridized carbons (Fsp3) is 0.571. The summed E-state index contributed by atoms with van der Waals surface area (Å²) in [7, 11) is 1.64. The van der Waals surface area contributed by atoms with Crippen LogP contribution in [0.1, 0.15) is 6.92 Å². The lowest BCUT2D eigenvalue weighted by atomic mass is 10.5. The number of ether oxygens (including phenoxy) is 1. The number of nitrogens with zero attached hydrogens (tertiary/aromatic N) is 1. The summed E-state index contributed by atoms with van der Waals surface area (Å²) in [4.78, 5) is 1.73. The molecule has 0 aromatic heterocycles. The standard InChI is InChI=1S/C7H14N2O/c1-4-9(7(2)8)5-6-10-3/h4,8H,1,5-6H2,2-3H3. The maximum atomic E-state index is 7.23. The third kappa shape index (κ3) is 3.25. The van der Waals surface area contributed by atoms with Crippen molar-refractivity contribution in [3.05, 3.63) is 12.8 Å². The van der Waals surface area contributed by atoms with E-state index in [0.29, 0.717) is 19.0 Å². The van der Waals surface area contributed by atoms with Crippen molar-refractivity contribution < 1.29 is 4.74 Å². The second kappa shape index (κ2) is 4.99. The molecule has 0 radical (unpaired) electrons. The number of amidine groups is 1. The van der Waals surface area contributed by atoms with E-state index in [2.05, 4.69) is 6.58 Å². The molecule has 0 amide bonds. The van der Waals surface area contributed by atoms with Gasteiger partial charge in [0, 0.05) is 13.7 Å². The Labute approximate surface area is 61.8 Å². The lowest BCUT2D eigenvalue weighted by Gasteiger charge is -2.16. The second-order valence-electron chi connectivity index (χ2n) is 1.95. The first-order chi connectivity index (χ1) is 4.72. The lowest BCUT2D eigenvalue weighted by Crippen LogP contribution is -2.25. The molecule has 0 aliphatic heterocycles. The molecule has 1 N–H and O–H groups in total. The van der Waals surface area contributed by atoms with Crippen LogP contribution in [0.15, 0.2) is 12.8 Å².